The number of aryl methyl sites for hydroxylation is 8. The van der Waals surface area contributed by atoms with E-state index in [-0.39, 0.29) is 58.5 Å². The minimum atomic E-state index is -0.833. The lowest BCUT2D eigenvalue weighted by atomic mass is 9.66. The Balaban J connectivity index is 0.000000161. The number of phenolic OH excluding ortho intramolecular Hbond substituents is 8. The average Bonchev–Trinajstić information content (AvgIpc) is 1.54. The van der Waals surface area contributed by atoms with Crippen molar-refractivity contribution in [2.24, 2.45) is 0 Å². The number of benzene rings is 13. The maximum Gasteiger partial charge on any atom is 0.302 e. The van der Waals surface area contributed by atoms with Gasteiger partial charge in [-0.15, -0.1) is 0 Å². The van der Waals surface area contributed by atoms with Crippen molar-refractivity contribution < 1.29 is 88.3 Å². The van der Waals surface area contributed by atoms with Crippen LogP contribution in [0.25, 0.3) is 22.3 Å². The minimum absolute atomic E-state index is 0.0679. The van der Waals surface area contributed by atoms with Crippen LogP contribution in [0.5, 0.6) is 46.0 Å². The second kappa shape index (κ2) is 42.7. The van der Waals surface area contributed by atoms with Crippen molar-refractivity contribution >= 4 is 11.9 Å². The van der Waals surface area contributed by atoms with Gasteiger partial charge in [0.05, 0.1) is 50.5 Å². The van der Waals surface area contributed by atoms with Crippen LogP contribution < -0.4 is 0 Å². The van der Waals surface area contributed by atoms with Crippen LogP contribution in [-0.4, -0.2) is 95.4 Å². The van der Waals surface area contributed by atoms with Crippen LogP contribution in [-0.2, 0) is 128 Å². The van der Waals surface area contributed by atoms with E-state index in [0.717, 1.165) is 159 Å². The first kappa shape index (κ1) is 99.0. The fourth-order valence-electron chi connectivity index (χ4n) is 20.1. The normalized spacial score (nSPS) is 12.5. The van der Waals surface area contributed by atoms with Crippen LogP contribution in [0.2, 0.25) is 0 Å². The molecule has 133 heavy (non-hydrogen) atoms. The monoisotopic (exact) mass is 1790 g/mol. The van der Waals surface area contributed by atoms with Crippen molar-refractivity contribution in [3.05, 3.63) is 386 Å². The number of phenols is 8. The van der Waals surface area contributed by atoms with Gasteiger partial charge < -0.3 is 78.7 Å². The van der Waals surface area contributed by atoms with Gasteiger partial charge in [0.2, 0.25) is 0 Å². The molecule has 18 heteroatoms. The molecule has 0 heterocycles. The zero-order valence-electron chi connectivity index (χ0n) is 80.0. The highest BCUT2D eigenvalue weighted by atomic mass is 16.5. The van der Waals surface area contributed by atoms with Crippen molar-refractivity contribution in [3.8, 4) is 68.2 Å². The van der Waals surface area contributed by atoms with Crippen LogP contribution >= 0.6 is 0 Å². The molecule has 0 unspecified atom stereocenters. The molecule has 13 aromatic rings. The molecule has 0 saturated carbocycles. The summed E-state index contributed by atoms with van der Waals surface area (Å²) in [7, 11) is 9.82. The van der Waals surface area contributed by atoms with E-state index in [1.807, 2.05) is 110 Å². The summed E-state index contributed by atoms with van der Waals surface area (Å²) in [4.78, 5) is 23.2. The van der Waals surface area contributed by atoms with Gasteiger partial charge in [-0.2, -0.15) is 0 Å². The first-order valence-electron chi connectivity index (χ1n) is 45.0. The molecule has 2 aliphatic rings. The number of ether oxygens (including phenoxy) is 8. The van der Waals surface area contributed by atoms with Gasteiger partial charge in [0.25, 0.3) is 0 Å². The maximum atomic E-state index is 11.6. The first-order chi connectivity index (χ1) is 63.8. The maximum absolute atomic E-state index is 11.6. The van der Waals surface area contributed by atoms with E-state index in [4.69, 9.17) is 37.9 Å². The summed E-state index contributed by atoms with van der Waals surface area (Å²) >= 11 is 0. The molecule has 8 N–H and O–H groups in total. The van der Waals surface area contributed by atoms with Crippen molar-refractivity contribution in [3.63, 3.8) is 0 Å². The molecule has 13 aromatic carbocycles. The van der Waals surface area contributed by atoms with Crippen LogP contribution in [0.4, 0.5) is 0 Å². The van der Waals surface area contributed by atoms with Gasteiger partial charge in [-0.25, -0.2) is 0 Å². The second-order valence-corrected chi connectivity index (χ2v) is 35.1. The molecule has 694 valence electrons. The number of carbonyl (C=O) groups is 2. The van der Waals surface area contributed by atoms with Crippen molar-refractivity contribution in [1.82, 2.24) is 0 Å². The van der Waals surface area contributed by atoms with Gasteiger partial charge in [-0.05, 0) is 269 Å². The number of hydrogen-bond acceptors (Lipinski definition) is 18. The highest BCUT2D eigenvalue weighted by Crippen LogP contribution is 2.60. The Labute approximate surface area is 782 Å². The predicted octanol–water partition coefficient (Wildman–Crippen LogP) is 23.6. The Kier molecular flexibility index (Phi) is 31.8. The molecule has 15 rings (SSSR count). The van der Waals surface area contributed by atoms with E-state index < -0.39 is 22.8 Å². The van der Waals surface area contributed by atoms with Crippen LogP contribution in [0.15, 0.2) is 224 Å². The molecule has 0 amide bonds. The van der Waals surface area contributed by atoms with Gasteiger partial charge in [-0.3, -0.25) is 9.59 Å². The molecule has 0 spiro atoms. The van der Waals surface area contributed by atoms with E-state index in [9.17, 15) is 50.4 Å². The predicted molar refractivity (Wildman–Crippen MR) is 522 cm³/mol. The Hall–Kier alpha value is -13.0. The molecule has 0 radical (unpaired) electrons. The molecule has 0 aromatic heterocycles. The van der Waals surface area contributed by atoms with Crippen LogP contribution in [0.1, 0.15) is 215 Å². The first-order valence-corrected chi connectivity index (χ1v) is 45.0. The number of carbonyl (C=O) groups excluding carboxylic acids is 2. The van der Waals surface area contributed by atoms with Crippen LogP contribution in [0, 0.1) is 55.4 Å². The fraction of sp³-hybridized carbons (Fsp3) is 0.304. The Morgan fingerprint density at radius 3 is 0.692 bits per heavy atom. The van der Waals surface area contributed by atoms with Gasteiger partial charge >= 0.3 is 11.9 Å². The Bertz CT molecular complexity index is 6040. The summed E-state index contributed by atoms with van der Waals surface area (Å²) in [6.45, 7) is 26.3. The fourth-order valence-corrected chi connectivity index (χ4v) is 20.1. The summed E-state index contributed by atoms with van der Waals surface area (Å²) in [6, 6.07) is 76.3. The Morgan fingerprint density at radius 1 is 0.263 bits per heavy atom. The van der Waals surface area contributed by atoms with E-state index in [1.165, 1.54) is 41.7 Å². The Morgan fingerprint density at radius 2 is 0.466 bits per heavy atom. The zero-order valence-corrected chi connectivity index (χ0v) is 80.0. The lowest BCUT2D eigenvalue weighted by molar-refractivity contribution is -0.143. The highest BCUT2D eigenvalue weighted by Gasteiger charge is 2.49. The molecular weight excluding hydrogens is 1670 g/mol. The topological polar surface area (TPSA) is 270 Å². The van der Waals surface area contributed by atoms with E-state index in [1.54, 1.807) is 42.7 Å². The molecular formula is C115H126O18. The third-order valence-electron chi connectivity index (χ3n) is 26.7. The summed E-state index contributed by atoms with van der Waals surface area (Å²) in [5, 5.41) is 85.4. The van der Waals surface area contributed by atoms with Gasteiger partial charge in [0.15, 0.2) is 0 Å². The lowest BCUT2D eigenvalue weighted by Gasteiger charge is -2.36. The molecule has 0 bridgehead atoms. The smallest absolute Gasteiger partial charge is 0.302 e. The van der Waals surface area contributed by atoms with Crippen molar-refractivity contribution in [2.75, 3.05) is 42.7 Å². The van der Waals surface area contributed by atoms with Gasteiger partial charge in [0, 0.05) is 112 Å². The second-order valence-electron chi connectivity index (χ2n) is 35.1. The number of rotatable bonds is 29. The summed E-state index contributed by atoms with van der Waals surface area (Å²) in [6.07, 6.45) is 3.43. The number of fused-ring (bicyclic) bond motifs is 6. The molecule has 0 atom stereocenters. The van der Waals surface area contributed by atoms with Crippen LogP contribution in [0.3, 0.4) is 0 Å². The van der Waals surface area contributed by atoms with E-state index in [2.05, 4.69) is 191 Å². The van der Waals surface area contributed by atoms with Crippen molar-refractivity contribution in [1.29, 1.82) is 0 Å². The third-order valence-corrected chi connectivity index (χ3v) is 26.7. The number of esters is 2. The number of hydrogen-bond donors (Lipinski definition) is 8. The molecule has 0 saturated heterocycles. The average molecular weight is 1800 g/mol. The highest BCUT2D eigenvalue weighted by molar-refractivity contribution is 5.88. The largest absolute Gasteiger partial charge is 0.507 e. The quantitative estimate of drug-likeness (QED) is 0.0202. The molecule has 0 aliphatic heterocycles. The van der Waals surface area contributed by atoms with Gasteiger partial charge in [-0.1, -0.05) is 197 Å². The summed E-state index contributed by atoms with van der Waals surface area (Å²) in [5.74, 6) is 0.941. The lowest BCUT2D eigenvalue weighted by Crippen LogP contribution is -2.30. The molecule has 18 nitrogen and oxygen atoms in total. The standard InChI is InChI=1S/C33H30O6.C31H30O4.C28H34O4.C23H32O4/c1-19-13-25(15-23(31(19)36)17-38-21(3)34)33(26-14-20(2)32(37)24(16-26)18-39-22(4)35)29-11-7-5-9-27(29)28-10-6-8-12-30(28)33;1-19-13-23(15-21(17-34-3)29(19)32)31(24-14-20(2)30(33)22(16-24)18-35-4)27-11-7-5-9-25(27)26-10-6-8-12-28(26)31;1-6-28(16-21-10-8-7-9-11-21,24-12-19(2)26(29)22(14-24)17-31-4)25-13-20(3)27(30)23(15-25)18-32-5;1-7-23(8-2,19-9-15(3)21(24)17(11-19)13-26-5)20-10-16(4)22(25)18(12-20)14-27-6/h5-16,36-37H,17-18H2,1-4H3;5-16,32-33H,17-18H2,1-4H3;7-15,29-30H,6,16-18H2,1-5H3;9-12,24-25H,7-8,13-14H2,1-6H3. The van der Waals surface area contributed by atoms with Crippen molar-refractivity contribution in [2.45, 2.75) is 190 Å². The minimum Gasteiger partial charge on any atom is -0.507 e. The SMILES string of the molecule is CC(=O)OCc1cc(C2(c3cc(C)c(O)c(COC(C)=O)c3)c3ccccc3-c3ccccc32)cc(C)c1O.CCC(CC)(c1cc(C)c(O)c(COC)c1)c1cc(C)c(O)c(COC)c1.CCC(Cc1ccccc1)(c1cc(C)c(O)c(COC)c1)c1cc(C)c(O)c(COC)c1.COCc1cc(C2(c3cc(C)c(O)c(COC)c3)c3ccccc3-c3ccccc32)cc(C)c1O. The zero-order chi connectivity index (χ0) is 96.1. The van der Waals surface area contributed by atoms with E-state index >= 15 is 0 Å². The molecule has 2 aliphatic carbocycles. The number of methoxy groups -OCH3 is 6. The molecule has 0 fully saturated rings. The summed E-state index contributed by atoms with van der Waals surface area (Å²) in [5.41, 5.74) is 28.4. The van der Waals surface area contributed by atoms with Gasteiger partial charge in [0.1, 0.15) is 59.2 Å². The third kappa shape index (κ3) is 19.5. The number of aromatic hydroxyl groups is 8. The summed E-state index contributed by atoms with van der Waals surface area (Å²) < 4.78 is 42.7. The van der Waals surface area contributed by atoms with E-state index in [0.29, 0.717) is 73.4 Å².